The van der Waals surface area contributed by atoms with Gasteiger partial charge >= 0.3 is 0 Å². The van der Waals surface area contributed by atoms with Gasteiger partial charge in [0.15, 0.2) is 19.4 Å². The molecule has 0 aliphatic carbocycles. The molecule has 3 rings (SSSR count). The van der Waals surface area contributed by atoms with Crippen molar-refractivity contribution in [1.82, 2.24) is 0 Å². The molecule has 1 unspecified atom stereocenters. The van der Waals surface area contributed by atoms with E-state index < -0.39 is 36.8 Å². The van der Waals surface area contributed by atoms with Crippen molar-refractivity contribution in [2.24, 2.45) is 0 Å². The van der Waals surface area contributed by atoms with Crippen LogP contribution in [0.15, 0.2) is 52.7 Å². The zero-order valence-corrected chi connectivity index (χ0v) is 12.6. The van der Waals surface area contributed by atoms with Gasteiger partial charge in [0, 0.05) is 40.3 Å². The molecule has 2 nitrogen and oxygen atoms in total. The first-order valence-electron chi connectivity index (χ1n) is 6.07. The fourth-order valence-corrected chi connectivity index (χ4v) is 5.00. The van der Waals surface area contributed by atoms with E-state index in [1.807, 2.05) is 35.7 Å². The molecule has 3 aromatic rings. The van der Waals surface area contributed by atoms with Crippen molar-refractivity contribution in [3.63, 3.8) is 0 Å². The van der Waals surface area contributed by atoms with Crippen LogP contribution in [0.2, 0.25) is 0 Å². The van der Waals surface area contributed by atoms with Crippen LogP contribution in [0.4, 0.5) is 8.78 Å². The molecule has 0 bridgehead atoms. The molecule has 1 heterocycles. The van der Waals surface area contributed by atoms with Crippen LogP contribution in [0.1, 0.15) is 0 Å². The predicted octanol–water partition coefficient (Wildman–Crippen LogP) is 4.26. The molecule has 0 amide bonds. The van der Waals surface area contributed by atoms with Crippen molar-refractivity contribution in [3.05, 3.63) is 59.5 Å². The Morgan fingerprint density at radius 2 is 1.62 bits per heavy atom. The summed E-state index contributed by atoms with van der Waals surface area (Å²) in [5, 5.41) is 2.88. The van der Waals surface area contributed by atoms with Crippen LogP contribution in [-0.2, 0) is 9.84 Å². The van der Waals surface area contributed by atoms with Gasteiger partial charge in [0.25, 0.3) is 0 Å². The third-order valence-electron chi connectivity index (χ3n) is 3.14. The molecule has 1 aromatic heterocycles. The standard InChI is InChI=1S/C15H11F2O2S2/c1-21(18,19)15-12(16)8-11(9-13(15)17)20-7-6-10-4-2-3-5-14(10)20/h2-9H,1H3/q+1. The van der Waals surface area contributed by atoms with E-state index in [1.54, 1.807) is 0 Å². The number of hydrogen-bond acceptors (Lipinski definition) is 2. The normalized spacial score (nSPS) is 12.8. The highest BCUT2D eigenvalue weighted by Gasteiger charge is 2.25. The number of benzene rings is 2. The van der Waals surface area contributed by atoms with Gasteiger partial charge in [0.2, 0.25) is 0 Å². The molecule has 0 radical (unpaired) electrons. The summed E-state index contributed by atoms with van der Waals surface area (Å²) in [7, 11) is -4.51. The maximum Gasteiger partial charge on any atom is 0.186 e. The van der Waals surface area contributed by atoms with Gasteiger partial charge < -0.3 is 0 Å². The lowest BCUT2D eigenvalue weighted by Crippen LogP contribution is -2.04. The van der Waals surface area contributed by atoms with E-state index in [0.29, 0.717) is 4.90 Å². The average Bonchev–Trinajstić information content (AvgIpc) is 2.79. The lowest BCUT2D eigenvalue weighted by molar-refractivity contribution is 0.522. The Kier molecular flexibility index (Phi) is 3.30. The maximum atomic E-state index is 14.0. The molecule has 1 atom stereocenters. The molecular formula is C15H11F2O2S2+. The Morgan fingerprint density at radius 3 is 2.24 bits per heavy atom. The first-order valence-corrected chi connectivity index (χ1v) is 9.25. The Labute approximate surface area is 123 Å². The zero-order chi connectivity index (χ0) is 15.2. The summed E-state index contributed by atoms with van der Waals surface area (Å²) in [6.07, 6.45) is 0.793. The smallest absolute Gasteiger partial charge is 0.186 e. The molecular weight excluding hydrogens is 314 g/mol. The van der Waals surface area contributed by atoms with Crippen LogP contribution in [-0.4, -0.2) is 14.7 Å². The molecule has 6 heteroatoms. The molecule has 21 heavy (non-hydrogen) atoms. The van der Waals surface area contributed by atoms with E-state index in [4.69, 9.17) is 0 Å². The van der Waals surface area contributed by atoms with Gasteiger partial charge in [-0.15, -0.1) is 0 Å². The van der Waals surface area contributed by atoms with Crippen molar-refractivity contribution in [2.75, 3.05) is 6.26 Å². The van der Waals surface area contributed by atoms with Gasteiger partial charge in [-0.2, -0.15) is 0 Å². The van der Waals surface area contributed by atoms with Crippen LogP contribution in [0.25, 0.3) is 15.0 Å². The first kappa shape index (κ1) is 14.2. The number of hydrogen-bond donors (Lipinski definition) is 0. The van der Waals surface area contributed by atoms with E-state index in [1.165, 1.54) is 0 Å². The van der Waals surface area contributed by atoms with Gasteiger partial charge in [-0.05, 0) is 12.1 Å². The van der Waals surface area contributed by atoms with E-state index in [-0.39, 0.29) is 0 Å². The fraction of sp³-hybridized carbons (Fsp3) is 0.0667. The SMILES string of the molecule is CS(=O)(=O)c1c(F)cc(-[s+]2ccc3ccccc32)cc1F. The van der Waals surface area contributed by atoms with Crippen molar-refractivity contribution in [1.29, 1.82) is 0 Å². The van der Waals surface area contributed by atoms with Crippen molar-refractivity contribution < 1.29 is 17.2 Å². The zero-order valence-electron chi connectivity index (χ0n) is 11.0. The molecule has 0 aliphatic rings. The van der Waals surface area contributed by atoms with Crippen LogP contribution in [0.5, 0.6) is 0 Å². The van der Waals surface area contributed by atoms with Crippen molar-refractivity contribution >= 4 is 30.4 Å². The van der Waals surface area contributed by atoms with Crippen LogP contribution in [0.3, 0.4) is 0 Å². The second-order valence-corrected chi connectivity index (χ2v) is 8.48. The predicted molar refractivity (Wildman–Crippen MR) is 80.8 cm³/mol. The molecule has 0 saturated heterocycles. The highest BCUT2D eigenvalue weighted by molar-refractivity contribution is 7.90. The minimum atomic E-state index is -3.93. The Morgan fingerprint density at radius 1 is 1.00 bits per heavy atom. The van der Waals surface area contributed by atoms with Gasteiger partial charge in [-0.25, -0.2) is 17.2 Å². The number of halogens is 2. The van der Waals surface area contributed by atoms with Crippen LogP contribution >= 0.6 is 10.5 Å². The second kappa shape index (κ2) is 4.89. The lowest BCUT2D eigenvalue weighted by atomic mass is 10.3. The topological polar surface area (TPSA) is 34.1 Å². The summed E-state index contributed by atoms with van der Waals surface area (Å²) >= 11 is 0. The molecule has 108 valence electrons. The first-order chi connectivity index (χ1) is 9.88. The monoisotopic (exact) mass is 325 g/mol. The highest BCUT2D eigenvalue weighted by Crippen LogP contribution is 2.40. The summed E-state index contributed by atoms with van der Waals surface area (Å²) < 4.78 is 51.8. The van der Waals surface area contributed by atoms with Crippen LogP contribution in [0, 0.1) is 11.6 Å². The minimum Gasteiger partial charge on any atom is -0.224 e. The molecule has 0 fully saturated rings. The van der Waals surface area contributed by atoms with Gasteiger partial charge in [0.1, 0.15) is 21.9 Å². The van der Waals surface area contributed by atoms with Crippen LogP contribution < -0.4 is 0 Å². The number of fused-ring (bicyclic) bond motifs is 1. The van der Waals surface area contributed by atoms with Gasteiger partial charge in [-0.1, -0.05) is 12.1 Å². The number of rotatable bonds is 2. The van der Waals surface area contributed by atoms with Crippen molar-refractivity contribution in [3.8, 4) is 4.90 Å². The molecule has 2 aromatic carbocycles. The van der Waals surface area contributed by atoms with E-state index in [2.05, 4.69) is 0 Å². The second-order valence-electron chi connectivity index (χ2n) is 4.67. The molecule has 0 aliphatic heterocycles. The number of sulfone groups is 1. The average molecular weight is 325 g/mol. The van der Waals surface area contributed by atoms with Crippen molar-refractivity contribution in [2.45, 2.75) is 4.90 Å². The maximum absolute atomic E-state index is 14.0. The molecule has 0 N–H and O–H groups in total. The number of thiophene rings is 1. The van der Waals surface area contributed by atoms with Gasteiger partial charge in [0.05, 0.1) is 0 Å². The fourth-order valence-electron chi connectivity index (χ4n) is 2.26. The summed E-state index contributed by atoms with van der Waals surface area (Å²) in [6.45, 7) is 0. The third kappa shape index (κ3) is 2.45. The van der Waals surface area contributed by atoms with E-state index in [0.717, 1.165) is 28.5 Å². The minimum absolute atomic E-state index is 0.429. The Bertz CT molecular complexity index is 920. The third-order valence-corrected chi connectivity index (χ3v) is 6.27. The van der Waals surface area contributed by atoms with E-state index in [9.17, 15) is 17.2 Å². The molecule has 0 saturated carbocycles. The summed E-state index contributed by atoms with van der Waals surface area (Å²) in [6, 6.07) is 11.7. The lowest BCUT2D eigenvalue weighted by Gasteiger charge is -2.02. The van der Waals surface area contributed by atoms with Gasteiger partial charge in [-0.3, -0.25) is 0 Å². The Balaban J connectivity index is 2.26. The Hall–Kier alpha value is -1.79. The quantitative estimate of drug-likeness (QED) is 0.660. The summed E-state index contributed by atoms with van der Waals surface area (Å²) in [5.41, 5.74) is 0. The summed E-state index contributed by atoms with van der Waals surface area (Å²) in [5.74, 6) is -2.09. The summed E-state index contributed by atoms with van der Waals surface area (Å²) in [4.78, 5) is -0.440. The highest BCUT2D eigenvalue weighted by atomic mass is 32.2. The molecule has 0 spiro atoms. The largest absolute Gasteiger partial charge is 0.224 e. The van der Waals surface area contributed by atoms with E-state index >= 15 is 0 Å².